The highest BCUT2D eigenvalue weighted by molar-refractivity contribution is 5.22. The highest BCUT2D eigenvalue weighted by Gasteiger charge is 2.19. The van der Waals surface area contributed by atoms with Crippen LogP contribution in [0, 0.1) is 12.8 Å². The van der Waals surface area contributed by atoms with Gasteiger partial charge in [0.2, 0.25) is 0 Å². The monoisotopic (exact) mass is 245 g/mol. The van der Waals surface area contributed by atoms with Crippen molar-refractivity contribution < 1.29 is 0 Å². The van der Waals surface area contributed by atoms with Gasteiger partial charge in [-0.1, -0.05) is 55.5 Å². The molecule has 0 aromatic heterocycles. The van der Waals surface area contributed by atoms with E-state index in [1.165, 1.54) is 49.7 Å². The van der Waals surface area contributed by atoms with E-state index in [4.69, 9.17) is 5.73 Å². The lowest BCUT2D eigenvalue weighted by atomic mass is 9.88. The molecular formula is C17H27N. The van der Waals surface area contributed by atoms with Gasteiger partial charge in [0.25, 0.3) is 0 Å². The van der Waals surface area contributed by atoms with Crippen molar-refractivity contribution >= 4 is 0 Å². The molecule has 0 heterocycles. The van der Waals surface area contributed by atoms with Crippen molar-refractivity contribution in [3.05, 3.63) is 35.4 Å². The van der Waals surface area contributed by atoms with Gasteiger partial charge < -0.3 is 5.73 Å². The van der Waals surface area contributed by atoms with Gasteiger partial charge in [0, 0.05) is 6.04 Å². The topological polar surface area (TPSA) is 26.0 Å². The Morgan fingerprint density at radius 1 is 1.17 bits per heavy atom. The molecule has 18 heavy (non-hydrogen) atoms. The quantitative estimate of drug-likeness (QED) is 0.789. The average Bonchev–Trinajstić information content (AvgIpc) is 2.65. The van der Waals surface area contributed by atoms with Gasteiger partial charge in [-0.3, -0.25) is 0 Å². The van der Waals surface area contributed by atoms with Crippen LogP contribution in [0.25, 0.3) is 0 Å². The second-order valence-electron chi connectivity index (χ2n) is 5.94. The summed E-state index contributed by atoms with van der Waals surface area (Å²) in [5.74, 6) is 0.775. The first-order chi connectivity index (χ1) is 8.75. The predicted molar refractivity (Wildman–Crippen MR) is 78.7 cm³/mol. The minimum absolute atomic E-state index is 0.406. The van der Waals surface area contributed by atoms with Crippen LogP contribution in [0.1, 0.15) is 56.1 Å². The number of aryl methyl sites for hydroxylation is 2. The maximum absolute atomic E-state index is 6.40. The Kier molecular flexibility index (Phi) is 5.25. The summed E-state index contributed by atoms with van der Waals surface area (Å²) in [4.78, 5) is 0. The molecule has 2 N–H and O–H groups in total. The summed E-state index contributed by atoms with van der Waals surface area (Å²) in [6.45, 7) is 2.16. The van der Waals surface area contributed by atoms with E-state index in [-0.39, 0.29) is 0 Å². The zero-order valence-corrected chi connectivity index (χ0v) is 11.7. The Morgan fingerprint density at radius 3 is 2.56 bits per heavy atom. The third kappa shape index (κ3) is 4.13. The molecule has 1 heteroatoms. The molecule has 0 saturated heterocycles. The Hall–Kier alpha value is -0.820. The van der Waals surface area contributed by atoms with Gasteiger partial charge in [-0.15, -0.1) is 0 Å². The van der Waals surface area contributed by atoms with Crippen LogP contribution in [0.4, 0.5) is 0 Å². The fourth-order valence-electron chi connectivity index (χ4n) is 3.18. The first-order valence-corrected chi connectivity index (χ1v) is 7.57. The van der Waals surface area contributed by atoms with Crippen LogP contribution in [0.5, 0.6) is 0 Å². The smallest absolute Gasteiger partial charge is 0.00703 e. The molecule has 0 bridgehead atoms. The normalized spacial score (nSPS) is 19.4. The lowest BCUT2D eigenvalue weighted by Gasteiger charge is -2.22. The van der Waals surface area contributed by atoms with Crippen molar-refractivity contribution in [2.45, 2.75) is 64.3 Å². The van der Waals surface area contributed by atoms with Gasteiger partial charge in [-0.2, -0.15) is 0 Å². The second-order valence-corrected chi connectivity index (χ2v) is 5.94. The van der Waals surface area contributed by atoms with Gasteiger partial charge in [0.15, 0.2) is 0 Å². The fourth-order valence-corrected chi connectivity index (χ4v) is 3.18. The molecule has 0 radical (unpaired) electrons. The van der Waals surface area contributed by atoms with Crippen molar-refractivity contribution in [2.24, 2.45) is 11.7 Å². The third-order valence-electron chi connectivity index (χ3n) is 4.35. The summed E-state index contributed by atoms with van der Waals surface area (Å²) in [6, 6.07) is 9.24. The van der Waals surface area contributed by atoms with Crippen LogP contribution >= 0.6 is 0 Å². The van der Waals surface area contributed by atoms with Gasteiger partial charge in [-0.25, -0.2) is 0 Å². The van der Waals surface area contributed by atoms with Gasteiger partial charge in [-0.05, 0) is 44.1 Å². The maximum Gasteiger partial charge on any atom is 0.00703 e. The molecule has 1 aromatic rings. The largest absolute Gasteiger partial charge is 0.327 e. The summed E-state index contributed by atoms with van der Waals surface area (Å²) >= 11 is 0. The molecular weight excluding hydrogens is 218 g/mol. The zero-order valence-electron chi connectivity index (χ0n) is 11.7. The molecule has 0 aliphatic heterocycles. The van der Waals surface area contributed by atoms with Crippen molar-refractivity contribution in [3.8, 4) is 0 Å². The minimum atomic E-state index is 0.406. The molecule has 1 aliphatic rings. The highest BCUT2D eigenvalue weighted by Crippen LogP contribution is 2.26. The van der Waals surface area contributed by atoms with E-state index in [1.54, 1.807) is 0 Å². The number of benzene rings is 1. The predicted octanol–water partition coefficient (Wildman–Crippen LogP) is 4.23. The lowest BCUT2D eigenvalue weighted by molar-refractivity contribution is 0.359. The summed E-state index contributed by atoms with van der Waals surface area (Å²) in [7, 11) is 0. The van der Waals surface area contributed by atoms with Crippen molar-refractivity contribution in [3.63, 3.8) is 0 Å². The number of hydrogen-bond acceptors (Lipinski definition) is 1. The van der Waals surface area contributed by atoms with Crippen LogP contribution < -0.4 is 5.73 Å². The fraction of sp³-hybridized carbons (Fsp3) is 0.647. The van der Waals surface area contributed by atoms with Crippen LogP contribution in [0.2, 0.25) is 0 Å². The second kappa shape index (κ2) is 6.94. The van der Waals surface area contributed by atoms with Crippen molar-refractivity contribution in [1.82, 2.24) is 0 Å². The van der Waals surface area contributed by atoms with Gasteiger partial charge in [0.1, 0.15) is 0 Å². The molecule has 1 fully saturated rings. The molecule has 1 saturated carbocycles. The molecule has 1 nitrogen and oxygen atoms in total. The van der Waals surface area contributed by atoms with Crippen molar-refractivity contribution in [2.75, 3.05) is 0 Å². The van der Waals surface area contributed by atoms with E-state index in [2.05, 4.69) is 31.2 Å². The summed E-state index contributed by atoms with van der Waals surface area (Å²) in [6.07, 6.45) is 10.6. The van der Waals surface area contributed by atoms with E-state index in [0.717, 1.165) is 18.8 Å². The first-order valence-electron chi connectivity index (χ1n) is 7.57. The zero-order chi connectivity index (χ0) is 12.8. The summed E-state index contributed by atoms with van der Waals surface area (Å²) in [5.41, 5.74) is 9.20. The standard InChI is InChI=1S/C17H27N/c1-14-7-6-8-15(13-14)11-12-17(18)16-9-4-2-3-5-10-16/h6-8,13,16-17H,2-5,9-12,18H2,1H3. The maximum atomic E-state index is 6.40. The van der Waals surface area contributed by atoms with Crippen LogP contribution in [-0.2, 0) is 6.42 Å². The molecule has 0 spiro atoms. The molecule has 1 atom stereocenters. The van der Waals surface area contributed by atoms with Gasteiger partial charge >= 0.3 is 0 Å². The number of hydrogen-bond donors (Lipinski definition) is 1. The van der Waals surface area contributed by atoms with Crippen LogP contribution in [-0.4, -0.2) is 6.04 Å². The summed E-state index contributed by atoms with van der Waals surface area (Å²) in [5, 5.41) is 0. The Balaban J connectivity index is 1.81. The molecule has 100 valence electrons. The van der Waals surface area contributed by atoms with Crippen LogP contribution in [0.3, 0.4) is 0 Å². The highest BCUT2D eigenvalue weighted by atomic mass is 14.6. The molecule has 1 unspecified atom stereocenters. The van der Waals surface area contributed by atoms with E-state index >= 15 is 0 Å². The third-order valence-corrected chi connectivity index (χ3v) is 4.35. The average molecular weight is 245 g/mol. The molecule has 1 aromatic carbocycles. The first kappa shape index (κ1) is 13.6. The summed E-state index contributed by atoms with van der Waals surface area (Å²) < 4.78 is 0. The van der Waals surface area contributed by atoms with E-state index in [9.17, 15) is 0 Å². The molecule has 2 rings (SSSR count). The Labute approximate surface area is 112 Å². The van der Waals surface area contributed by atoms with E-state index < -0.39 is 0 Å². The lowest BCUT2D eigenvalue weighted by Crippen LogP contribution is -2.30. The minimum Gasteiger partial charge on any atom is -0.327 e. The van der Waals surface area contributed by atoms with E-state index in [0.29, 0.717) is 6.04 Å². The van der Waals surface area contributed by atoms with E-state index in [1.807, 2.05) is 0 Å². The SMILES string of the molecule is Cc1cccc(CCC(N)C2CCCCCC2)c1. The molecule has 1 aliphatic carbocycles. The van der Waals surface area contributed by atoms with Crippen LogP contribution in [0.15, 0.2) is 24.3 Å². The Morgan fingerprint density at radius 2 is 1.89 bits per heavy atom. The van der Waals surface area contributed by atoms with Crippen molar-refractivity contribution in [1.29, 1.82) is 0 Å². The number of nitrogens with two attached hydrogens (primary N) is 1. The Bertz CT molecular complexity index is 350. The molecule has 0 amide bonds. The van der Waals surface area contributed by atoms with Gasteiger partial charge in [0.05, 0.1) is 0 Å². The number of rotatable bonds is 4.